The van der Waals surface area contributed by atoms with Gasteiger partial charge in [-0.3, -0.25) is 4.90 Å². The molecule has 0 saturated heterocycles. The number of hydrogen-bond donors (Lipinski definition) is 0. The Morgan fingerprint density at radius 2 is 2.29 bits per heavy atom. The van der Waals surface area contributed by atoms with Crippen LogP contribution in [-0.2, 0) is 11.2 Å². The van der Waals surface area contributed by atoms with E-state index >= 15 is 0 Å². The summed E-state index contributed by atoms with van der Waals surface area (Å²) in [5.74, 6) is 0.640. The predicted octanol–water partition coefficient (Wildman–Crippen LogP) is 3.81. The third-order valence-corrected chi connectivity index (χ3v) is 5.24. The molecule has 21 heavy (non-hydrogen) atoms. The van der Waals surface area contributed by atoms with E-state index in [2.05, 4.69) is 34.9 Å². The Bertz CT molecular complexity index is 645. The first-order valence-corrected chi connectivity index (χ1v) is 8.00. The maximum absolute atomic E-state index is 11.5. The molecule has 0 aliphatic carbocycles. The molecule has 0 spiro atoms. The number of esters is 1. The van der Waals surface area contributed by atoms with Crippen LogP contribution in [0.3, 0.4) is 0 Å². The van der Waals surface area contributed by atoms with Gasteiger partial charge in [-0.1, -0.05) is 0 Å². The molecule has 3 rings (SSSR count). The summed E-state index contributed by atoms with van der Waals surface area (Å²) in [6.45, 7) is 5.35. The van der Waals surface area contributed by atoms with Crippen LogP contribution in [0.15, 0.2) is 28.0 Å². The highest BCUT2D eigenvalue weighted by molar-refractivity contribution is 7.10. The molecule has 0 bridgehead atoms. The highest BCUT2D eigenvalue weighted by atomic mass is 32.1. The SMILES string of the molecule is COC(=O)c1ccc(C(C)N2CCc3sccc3C2C)o1. The topological polar surface area (TPSA) is 42.7 Å². The number of carbonyl (C=O) groups is 1. The summed E-state index contributed by atoms with van der Waals surface area (Å²) in [5, 5.41) is 2.16. The highest BCUT2D eigenvalue weighted by Gasteiger charge is 2.30. The van der Waals surface area contributed by atoms with Crippen molar-refractivity contribution in [1.29, 1.82) is 0 Å². The second-order valence-electron chi connectivity index (χ2n) is 5.33. The molecule has 1 aliphatic rings. The molecular formula is C16H19NO3S. The van der Waals surface area contributed by atoms with Crippen molar-refractivity contribution in [2.24, 2.45) is 0 Å². The summed E-state index contributed by atoms with van der Waals surface area (Å²) in [7, 11) is 1.36. The quantitative estimate of drug-likeness (QED) is 0.809. The largest absolute Gasteiger partial charge is 0.463 e. The zero-order valence-electron chi connectivity index (χ0n) is 12.5. The average Bonchev–Trinajstić information content (AvgIpc) is 3.15. The molecule has 2 aromatic rings. The monoisotopic (exact) mass is 305 g/mol. The molecule has 4 nitrogen and oxygen atoms in total. The number of methoxy groups -OCH3 is 1. The maximum Gasteiger partial charge on any atom is 0.373 e. The maximum atomic E-state index is 11.5. The Hall–Kier alpha value is -1.59. The standard InChI is InChI=1S/C16H19NO3S/c1-10-12-7-9-21-15(12)6-8-17(10)11(2)13-4-5-14(20-13)16(18)19-3/h4-5,7,9-11H,6,8H2,1-3H3. The number of nitrogens with zero attached hydrogens (tertiary/aromatic N) is 1. The lowest BCUT2D eigenvalue weighted by Crippen LogP contribution is -2.35. The number of furan rings is 1. The first-order chi connectivity index (χ1) is 10.1. The lowest BCUT2D eigenvalue weighted by molar-refractivity contribution is 0.0555. The van der Waals surface area contributed by atoms with Crippen LogP contribution in [0.2, 0.25) is 0 Å². The normalized spacial score (nSPS) is 20.0. The molecule has 0 fully saturated rings. The molecule has 0 aromatic carbocycles. The number of ether oxygens (including phenoxy) is 1. The number of carbonyl (C=O) groups excluding carboxylic acids is 1. The Morgan fingerprint density at radius 3 is 3.05 bits per heavy atom. The zero-order valence-corrected chi connectivity index (χ0v) is 13.3. The van der Waals surface area contributed by atoms with E-state index in [0.717, 1.165) is 18.7 Å². The minimum atomic E-state index is -0.430. The second kappa shape index (κ2) is 5.66. The first kappa shape index (κ1) is 14.4. The second-order valence-corrected chi connectivity index (χ2v) is 6.33. The molecule has 1 aliphatic heterocycles. The molecule has 2 atom stereocenters. The van der Waals surface area contributed by atoms with Gasteiger partial charge in [-0.2, -0.15) is 0 Å². The van der Waals surface area contributed by atoms with E-state index < -0.39 is 5.97 Å². The van der Waals surface area contributed by atoms with E-state index in [0.29, 0.717) is 6.04 Å². The number of rotatable bonds is 3. The van der Waals surface area contributed by atoms with Gasteiger partial charge in [-0.15, -0.1) is 11.3 Å². The Balaban J connectivity index is 1.81. The van der Waals surface area contributed by atoms with Crippen molar-refractivity contribution in [2.75, 3.05) is 13.7 Å². The van der Waals surface area contributed by atoms with E-state index in [1.165, 1.54) is 17.6 Å². The summed E-state index contributed by atoms with van der Waals surface area (Å²) in [5.41, 5.74) is 1.41. The fraction of sp³-hybridized carbons (Fsp3) is 0.438. The third kappa shape index (κ3) is 2.51. The van der Waals surface area contributed by atoms with Crippen LogP contribution < -0.4 is 0 Å². The van der Waals surface area contributed by atoms with Crippen LogP contribution in [0.4, 0.5) is 0 Å². The number of hydrogen-bond acceptors (Lipinski definition) is 5. The fourth-order valence-electron chi connectivity index (χ4n) is 3.01. The van der Waals surface area contributed by atoms with Crippen molar-refractivity contribution in [3.8, 4) is 0 Å². The summed E-state index contributed by atoms with van der Waals surface area (Å²) >= 11 is 1.84. The fourth-order valence-corrected chi connectivity index (χ4v) is 3.97. The minimum Gasteiger partial charge on any atom is -0.463 e. The van der Waals surface area contributed by atoms with Crippen LogP contribution >= 0.6 is 11.3 Å². The van der Waals surface area contributed by atoms with Crippen molar-refractivity contribution in [1.82, 2.24) is 4.90 Å². The average molecular weight is 305 g/mol. The van der Waals surface area contributed by atoms with Crippen LogP contribution in [0, 0.1) is 0 Å². The molecule has 112 valence electrons. The molecule has 2 aromatic heterocycles. The molecular weight excluding hydrogens is 286 g/mol. The Labute approximate surface area is 128 Å². The van der Waals surface area contributed by atoms with Crippen LogP contribution in [0.25, 0.3) is 0 Å². The van der Waals surface area contributed by atoms with Crippen molar-refractivity contribution in [2.45, 2.75) is 32.4 Å². The lowest BCUT2D eigenvalue weighted by atomic mass is 9.99. The zero-order chi connectivity index (χ0) is 15.0. The van der Waals surface area contributed by atoms with Crippen molar-refractivity contribution in [3.05, 3.63) is 45.5 Å². The third-order valence-electron chi connectivity index (χ3n) is 4.25. The molecule has 0 saturated carbocycles. The van der Waals surface area contributed by atoms with Crippen molar-refractivity contribution in [3.63, 3.8) is 0 Å². The van der Waals surface area contributed by atoms with Gasteiger partial charge in [0.2, 0.25) is 5.76 Å². The molecule has 5 heteroatoms. The molecule has 3 heterocycles. The molecule has 0 N–H and O–H groups in total. The van der Waals surface area contributed by atoms with Crippen LogP contribution in [0.5, 0.6) is 0 Å². The Morgan fingerprint density at radius 1 is 1.48 bits per heavy atom. The van der Waals surface area contributed by atoms with Gasteiger partial charge in [0.05, 0.1) is 13.2 Å². The number of thiophene rings is 1. The van der Waals surface area contributed by atoms with Gasteiger partial charge in [0.25, 0.3) is 0 Å². The van der Waals surface area contributed by atoms with Gasteiger partial charge < -0.3 is 9.15 Å². The summed E-state index contributed by atoms with van der Waals surface area (Å²) in [6.07, 6.45) is 1.08. The van der Waals surface area contributed by atoms with Gasteiger partial charge in [0, 0.05) is 17.5 Å². The van der Waals surface area contributed by atoms with Gasteiger partial charge >= 0.3 is 5.97 Å². The van der Waals surface area contributed by atoms with Gasteiger partial charge in [0.1, 0.15) is 5.76 Å². The molecule has 2 unspecified atom stereocenters. The summed E-state index contributed by atoms with van der Waals surface area (Å²) in [6, 6.07) is 6.26. The van der Waals surface area contributed by atoms with E-state index in [9.17, 15) is 4.79 Å². The van der Waals surface area contributed by atoms with Crippen molar-refractivity contribution < 1.29 is 13.9 Å². The summed E-state index contributed by atoms with van der Waals surface area (Å²) < 4.78 is 10.3. The summed E-state index contributed by atoms with van der Waals surface area (Å²) in [4.78, 5) is 15.4. The van der Waals surface area contributed by atoms with Crippen LogP contribution in [0.1, 0.15) is 52.7 Å². The first-order valence-electron chi connectivity index (χ1n) is 7.12. The Kier molecular flexibility index (Phi) is 3.87. The van der Waals surface area contributed by atoms with Crippen molar-refractivity contribution >= 4 is 17.3 Å². The van der Waals surface area contributed by atoms with Crippen LogP contribution in [-0.4, -0.2) is 24.5 Å². The lowest BCUT2D eigenvalue weighted by Gasteiger charge is -2.37. The number of fused-ring (bicyclic) bond motifs is 1. The van der Waals surface area contributed by atoms with Gasteiger partial charge in [-0.05, 0) is 49.4 Å². The van der Waals surface area contributed by atoms with E-state index in [1.54, 1.807) is 6.07 Å². The smallest absolute Gasteiger partial charge is 0.373 e. The van der Waals surface area contributed by atoms with Gasteiger partial charge in [-0.25, -0.2) is 4.79 Å². The molecule has 0 radical (unpaired) electrons. The van der Waals surface area contributed by atoms with E-state index in [-0.39, 0.29) is 11.8 Å². The predicted molar refractivity (Wildman–Crippen MR) is 81.6 cm³/mol. The molecule has 0 amide bonds. The van der Waals surface area contributed by atoms with Gasteiger partial charge in [0.15, 0.2) is 0 Å². The van der Waals surface area contributed by atoms with E-state index in [1.807, 2.05) is 17.4 Å². The minimum absolute atomic E-state index is 0.131. The highest BCUT2D eigenvalue weighted by Crippen LogP contribution is 2.38. The van der Waals surface area contributed by atoms with E-state index in [4.69, 9.17) is 4.42 Å².